The van der Waals surface area contributed by atoms with Crippen LogP contribution in [-0.2, 0) is 16.1 Å². The molecule has 1 aliphatic heterocycles. The number of methoxy groups -OCH3 is 1. The van der Waals surface area contributed by atoms with Crippen molar-refractivity contribution in [2.24, 2.45) is 4.99 Å². The molecular weight excluding hydrogens is 580 g/mol. The van der Waals surface area contributed by atoms with Gasteiger partial charge in [0.1, 0.15) is 18.3 Å². The average Bonchev–Trinajstić information content (AvgIpc) is 3.39. The summed E-state index contributed by atoms with van der Waals surface area (Å²) in [5, 5.41) is 10.2. The van der Waals surface area contributed by atoms with E-state index in [1.165, 1.54) is 11.3 Å². The summed E-state index contributed by atoms with van der Waals surface area (Å²) < 4.78 is 15.9. The van der Waals surface area contributed by atoms with Crippen LogP contribution in [0.15, 0.2) is 74.2 Å². The molecule has 3 heterocycles. The summed E-state index contributed by atoms with van der Waals surface area (Å²) in [6.45, 7) is 5.50. The maximum absolute atomic E-state index is 14.0. The molecule has 2 aromatic heterocycles. The monoisotopic (exact) mass is 604 g/mol. The number of allylic oxidation sites excluding steroid dienone is 1. The van der Waals surface area contributed by atoms with Gasteiger partial charge in [-0.15, -0.1) is 0 Å². The van der Waals surface area contributed by atoms with Gasteiger partial charge in [-0.2, -0.15) is 5.26 Å². The van der Waals surface area contributed by atoms with Crippen LogP contribution < -0.4 is 19.6 Å². The van der Waals surface area contributed by atoms with Crippen LogP contribution >= 0.6 is 27.3 Å². The van der Waals surface area contributed by atoms with E-state index >= 15 is 0 Å². The second kappa shape index (κ2) is 10.7. The number of aromatic nitrogens is 2. The lowest BCUT2D eigenvalue weighted by molar-refractivity contribution is -0.143. The van der Waals surface area contributed by atoms with Gasteiger partial charge in [0.25, 0.3) is 5.56 Å². The molecule has 39 heavy (non-hydrogen) atoms. The topological polar surface area (TPSA) is 98.6 Å². The van der Waals surface area contributed by atoms with Crippen LogP contribution in [0.5, 0.6) is 5.75 Å². The third kappa shape index (κ3) is 4.84. The summed E-state index contributed by atoms with van der Waals surface area (Å²) in [6.07, 6.45) is 3.34. The predicted molar refractivity (Wildman–Crippen MR) is 153 cm³/mol. The molecule has 0 radical (unpaired) electrons. The summed E-state index contributed by atoms with van der Waals surface area (Å²) in [7, 11) is 1.55. The maximum atomic E-state index is 14.0. The number of carbonyl (C=O) groups excluding carboxylic acids is 1. The largest absolute Gasteiger partial charge is 0.496 e. The van der Waals surface area contributed by atoms with Crippen LogP contribution in [0.4, 0.5) is 0 Å². The van der Waals surface area contributed by atoms with Gasteiger partial charge in [-0.25, -0.2) is 9.79 Å². The number of benzene rings is 2. The first-order chi connectivity index (χ1) is 18.7. The van der Waals surface area contributed by atoms with Crippen LogP contribution in [0.25, 0.3) is 17.0 Å². The number of hydrogen-bond donors (Lipinski definition) is 0. The molecule has 0 unspecified atom stereocenters. The fourth-order valence-corrected chi connectivity index (χ4v) is 6.23. The van der Waals surface area contributed by atoms with Crippen molar-refractivity contribution in [2.45, 2.75) is 39.5 Å². The van der Waals surface area contributed by atoms with E-state index in [4.69, 9.17) is 9.47 Å². The van der Waals surface area contributed by atoms with Crippen molar-refractivity contribution in [1.82, 2.24) is 9.13 Å². The van der Waals surface area contributed by atoms with E-state index < -0.39 is 12.0 Å². The number of hydrogen-bond acceptors (Lipinski definition) is 7. The number of esters is 1. The van der Waals surface area contributed by atoms with Gasteiger partial charge >= 0.3 is 5.97 Å². The van der Waals surface area contributed by atoms with Gasteiger partial charge in [0, 0.05) is 32.7 Å². The molecule has 198 valence electrons. The Morgan fingerprint density at radius 2 is 2.05 bits per heavy atom. The lowest BCUT2D eigenvalue weighted by Gasteiger charge is -2.26. The number of nitriles is 1. The van der Waals surface area contributed by atoms with Crippen LogP contribution in [0, 0.1) is 11.3 Å². The SMILES string of the molecule is COc1ccc(Br)cc1[C@H]1C(C(=O)OC(C)C)=C(C)N=c2s/c(=C\c3cn(CC#N)c4ccccc34)c(=O)n21. The fourth-order valence-electron chi connectivity index (χ4n) is 4.81. The highest BCUT2D eigenvalue weighted by atomic mass is 79.9. The Bertz CT molecular complexity index is 1870. The van der Waals surface area contributed by atoms with Gasteiger partial charge in [-0.1, -0.05) is 45.5 Å². The van der Waals surface area contributed by atoms with Crippen molar-refractivity contribution >= 4 is 50.2 Å². The Morgan fingerprint density at radius 1 is 1.28 bits per heavy atom. The Kier molecular flexibility index (Phi) is 7.30. The van der Waals surface area contributed by atoms with Gasteiger partial charge in [0.05, 0.1) is 35.1 Å². The standard InChI is InChI=1S/C29H25BrN4O4S/c1-16(2)38-28(36)25-17(3)32-29-34(26(25)21-14-19(30)9-10-23(21)37-4)27(35)24(39-29)13-18-15-33(12-11-31)22-8-6-5-7-20(18)22/h5-10,13-16,26H,12H2,1-4H3/b24-13-/t26-/m0/s1. The van der Waals surface area contributed by atoms with E-state index in [1.807, 2.05) is 53.2 Å². The van der Waals surface area contributed by atoms with Gasteiger partial charge in [0.2, 0.25) is 0 Å². The molecule has 0 saturated carbocycles. The van der Waals surface area contributed by atoms with Crippen molar-refractivity contribution in [3.05, 3.63) is 95.2 Å². The Hall–Kier alpha value is -3.94. The summed E-state index contributed by atoms with van der Waals surface area (Å²) in [5.41, 5.74) is 2.83. The highest BCUT2D eigenvalue weighted by Gasteiger charge is 2.35. The third-order valence-electron chi connectivity index (χ3n) is 6.42. The van der Waals surface area contributed by atoms with E-state index in [0.29, 0.717) is 26.3 Å². The second-order valence-electron chi connectivity index (χ2n) is 9.31. The normalized spacial score (nSPS) is 15.3. The zero-order chi connectivity index (χ0) is 27.8. The van der Waals surface area contributed by atoms with E-state index in [-0.39, 0.29) is 23.8 Å². The van der Waals surface area contributed by atoms with E-state index in [2.05, 4.69) is 27.0 Å². The molecule has 0 aliphatic carbocycles. The van der Waals surface area contributed by atoms with Crippen molar-refractivity contribution in [3.63, 3.8) is 0 Å². The number of nitrogens with zero attached hydrogens (tertiary/aromatic N) is 4. The molecule has 8 nitrogen and oxygen atoms in total. The van der Waals surface area contributed by atoms with Crippen LogP contribution in [0.1, 0.15) is 37.9 Å². The van der Waals surface area contributed by atoms with E-state index in [1.54, 1.807) is 38.5 Å². The molecule has 4 aromatic rings. The Labute approximate surface area is 236 Å². The molecular formula is C29H25BrN4O4S. The van der Waals surface area contributed by atoms with Crippen LogP contribution in [0.3, 0.4) is 0 Å². The molecule has 0 N–H and O–H groups in total. The second-order valence-corrected chi connectivity index (χ2v) is 11.2. The van der Waals surface area contributed by atoms with Gasteiger partial charge in [0.15, 0.2) is 4.80 Å². The lowest BCUT2D eigenvalue weighted by Crippen LogP contribution is -2.40. The van der Waals surface area contributed by atoms with Crippen LogP contribution in [-0.4, -0.2) is 28.3 Å². The van der Waals surface area contributed by atoms with Gasteiger partial charge in [-0.05, 0) is 51.1 Å². The van der Waals surface area contributed by atoms with Crippen LogP contribution in [0.2, 0.25) is 0 Å². The summed E-state index contributed by atoms with van der Waals surface area (Å²) in [4.78, 5) is 32.6. The van der Waals surface area contributed by atoms with Gasteiger partial charge < -0.3 is 14.0 Å². The van der Waals surface area contributed by atoms with Gasteiger partial charge in [-0.3, -0.25) is 9.36 Å². The highest BCUT2D eigenvalue weighted by Crippen LogP contribution is 2.37. The third-order valence-corrected chi connectivity index (χ3v) is 7.89. The fraction of sp³-hybridized carbons (Fsp3) is 0.241. The first kappa shape index (κ1) is 26.7. The Balaban J connectivity index is 1.78. The van der Waals surface area contributed by atoms with Crippen molar-refractivity contribution < 1.29 is 14.3 Å². The summed E-state index contributed by atoms with van der Waals surface area (Å²) in [5.74, 6) is -0.00553. The molecule has 1 atom stereocenters. The van der Waals surface area contributed by atoms with Crippen molar-refractivity contribution in [1.29, 1.82) is 5.26 Å². The number of thiazole rings is 1. The average molecular weight is 606 g/mol. The first-order valence-electron chi connectivity index (χ1n) is 12.2. The lowest BCUT2D eigenvalue weighted by atomic mass is 9.95. The molecule has 0 fully saturated rings. The number of ether oxygens (including phenoxy) is 2. The number of rotatable bonds is 6. The molecule has 5 rings (SSSR count). The molecule has 2 aromatic carbocycles. The molecule has 0 saturated heterocycles. The molecule has 0 spiro atoms. The summed E-state index contributed by atoms with van der Waals surface area (Å²) >= 11 is 4.77. The van der Waals surface area contributed by atoms with E-state index in [0.717, 1.165) is 20.9 Å². The minimum Gasteiger partial charge on any atom is -0.496 e. The minimum absolute atomic E-state index is 0.193. The molecule has 0 amide bonds. The smallest absolute Gasteiger partial charge is 0.338 e. The number of halogens is 1. The minimum atomic E-state index is -0.804. The predicted octanol–water partition coefficient (Wildman–Crippen LogP) is 4.44. The zero-order valence-corrected chi connectivity index (χ0v) is 24.2. The van der Waals surface area contributed by atoms with E-state index in [9.17, 15) is 14.9 Å². The highest BCUT2D eigenvalue weighted by molar-refractivity contribution is 9.10. The number of carbonyl (C=O) groups is 1. The van der Waals surface area contributed by atoms with Crippen molar-refractivity contribution in [2.75, 3.05) is 7.11 Å². The first-order valence-corrected chi connectivity index (χ1v) is 13.9. The number of fused-ring (bicyclic) bond motifs is 2. The molecule has 1 aliphatic rings. The molecule has 0 bridgehead atoms. The Morgan fingerprint density at radius 3 is 2.77 bits per heavy atom. The maximum Gasteiger partial charge on any atom is 0.338 e. The van der Waals surface area contributed by atoms with Crippen molar-refractivity contribution in [3.8, 4) is 11.8 Å². The zero-order valence-electron chi connectivity index (χ0n) is 21.8. The molecule has 10 heteroatoms. The number of para-hydroxylation sites is 1. The quantitative estimate of drug-likeness (QED) is 0.303. The summed E-state index contributed by atoms with van der Waals surface area (Å²) in [6, 6.07) is 14.6.